The lowest BCUT2D eigenvalue weighted by Gasteiger charge is -2.25. The van der Waals surface area contributed by atoms with Gasteiger partial charge in [-0.3, -0.25) is 0 Å². The van der Waals surface area contributed by atoms with Crippen LogP contribution in [0.2, 0.25) is 0 Å². The Morgan fingerprint density at radius 1 is 0.226 bits per heavy atom. The second-order valence-corrected chi connectivity index (χ2v) is 29.9. The maximum Gasteiger partial charge on any atom is 0.0159 e. The summed E-state index contributed by atoms with van der Waals surface area (Å²) in [4.78, 5) is 0. The maximum atomic E-state index is 2.53. The van der Waals surface area contributed by atoms with Crippen molar-refractivity contribution in [1.29, 1.82) is 0 Å². The second-order valence-electron chi connectivity index (χ2n) is 29.9. The van der Waals surface area contributed by atoms with Crippen molar-refractivity contribution in [2.75, 3.05) is 0 Å². The molecule has 2 aliphatic carbocycles. The fourth-order valence-corrected chi connectivity index (χ4v) is 16.9. The summed E-state index contributed by atoms with van der Waals surface area (Å²) in [6, 6.07) is 100. The smallest absolute Gasteiger partial charge is 0.0159 e. The number of benzene rings is 15. The Kier molecular flexibility index (Phi) is 12.5. The molecule has 0 aliphatic heterocycles. The predicted octanol–water partition coefficient (Wildman–Crippen LogP) is 26.1. The molecule has 93 heavy (non-hydrogen) atoms. The van der Waals surface area contributed by atoms with E-state index in [0.29, 0.717) is 0 Å². The summed E-state index contributed by atoms with van der Waals surface area (Å²) in [7, 11) is 0. The van der Waals surface area contributed by atoms with Gasteiger partial charge < -0.3 is 0 Å². The van der Waals surface area contributed by atoms with Gasteiger partial charge in [0.15, 0.2) is 0 Å². The Hall–Kier alpha value is -10.1. The van der Waals surface area contributed by atoms with Gasteiger partial charge in [0.1, 0.15) is 0 Å². The molecule has 0 atom stereocenters. The molecule has 0 unspecified atom stereocenters. The maximum absolute atomic E-state index is 2.53. The van der Waals surface area contributed by atoms with E-state index in [9.17, 15) is 0 Å². The minimum absolute atomic E-state index is 0.0671. The number of hydrogen-bond donors (Lipinski definition) is 0. The fraction of sp³-hybridized carbons (Fsp3) is 0.161. The van der Waals surface area contributed by atoms with Crippen molar-refractivity contribution in [2.24, 2.45) is 0 Å². The van der Waals surface area contributed by atoms with Crippen LogP contribution in [0.15, 0.2) is 261 Å². The molecule has 0 amide bonds. The number of hydrogen-bond acceptors (Lipinski definition) is 0. The first kappa shape index (κ1) is 56.8. The van der Waals surface area contributed by atoms with Gasteiger partial charge in [-0.15, -0.1) is 0 Å². The van der Waals surface area contributed by atoms with Gasteiger partial charge >= 0.3 is 0 Å². The zero-order chi connectivity index (χ0) is 63.6. The van der Waals surface area contributed by atoms with Gasteiger partial charge in [0.2, 0.25) is 0 Å². The molecule has 0 saturated carbocycles. The molecule has 0 saturated heterocycles. The largest absolute Gasteiger partial charge is 0.0616 e. The Bertz CT molecular complexity index is 5560. The van der Waals surface area contributed by atoms with Gasteiger partial charge in [-0.25, -0.2) is 0 Å². The van der Waals surface area contributed by atoms with E-state index in [2.05, 4.69) is 337 Å². The predicted molar refractivity (Wildman–Crippen MR) is 401 cm³/mol. The zero-order valence-corrected chi connectivity index (χ0v) is 55.3. The first-order valence-corrected chi connectivity index (χ1v) is 33.5. The van der Waals surface area contributed by atoms with Crippen LogP contribution in [0.4, 0.5) is 0 Å². The molecule has 0 heteroatoms. The molecular formula is C93H76. The Labute approximate surface area is 547 Å². The molecule has 0 heterocycles. The molecule has 0 aromatic heterocycles. The molecule has 0 radical (unpaired) electrons. The SMILES string of the molecule is Cc1cccc2c(-c3c4ccccc4c(-c4ccc5c(c4)C(C)(C)c4cc(-c6ccc7c(c6)C(C)(C)c6cc(-c8c9ccccc9c(-c9ccc(C(C)(C)C)cc9)c9ccccc89)ccc6-7)ccc4-5)c4ccccc34)c3ccccc3c(-c3ccc(C(C)(C)C)cc3)c12. The lowest BCUT2D eigenvalue weighted by Crippen LogP contribution is -2.15. The standard InChI is InChI=1S/C93H76/c1-55-23-22-34-78-83(55)87(57-37-45-63(46-38-57)91(5,6)7)74-30-18-21-33-77(74)89(78)88-75-31-19-16-28-72(75)86(73-29-17-20-32-76(73)88)61-42-50-67-65-48-40-59(52-80(65)93(10,11)82(67)54-61)58-39-47-64-66-49-41-60(53-81(66)92(8,9)79(64)51-58)85-70-26-14-12-24-68(70)84(69-25-13-15-27-71(69)85)56-35-43-62(44-36-56)90(2,3)4/h12-54H,1-11H3. The van der Waals surface area contributed by atoms with E-state index in [1.54, 1.807) is 0 Å². The van der Waals surface area contributed by atoms with E-state index in [0.717, 1.165) is 0 Å². The van der Waals surface area contributed by atoms with Crippen LogP contribution < -0.4 is 0 Å². The zero-order valence-electron chi connectivity index (χ0n) is 55.3. The molecule has 2 aliphatic rings. The molecule has 0 nitrogen and oxygen atoms in total. The van der Waals surface area contributed by atoms with Crippen molar-refractivity contribution in [1.82, 2.24) is 0 Å². The Balaban J connectivity index is 0.740. The van der Waals surface area contributed by atoms with Crippen LogP contribution in [0.25, 0.3) is 154 Å². The summed E-state index contributed by atoms with van der Waals surface area (Å²) in [5, 5.41) is 15.3. The topological polar surface area (TPSA) is 0 Å². The van der Waals surface area contributed by atoms with E-state index < -0.39 is 0 Å². The van der Waals surface area contributed by atoms with E-state index in [-0.39, 0.29) is 21.7 Å². The average molecular weight is 1190 g/mol. The molecule has 0 bridgehead atoms. The average Bonchev–Trinajstić information content (AvgIpc) is 1.42. The van der Waals surface area contributed by atoms with Crippen LogP contribution in [-0.4, -0.2) is 0 Å². The normalized spacial score (nSPS) is 13.9. The van der Waals surface area contributed by atoms with E-state index in [1.165, 1.54) is 193 Å². The Morgan fingerprint density at radius 3 is 0.806 bits per heavy atom. The lowest BCUT2D eigenvalue weighted by atomic mass is 9.78. The van der Waals surface area contributed by atoms with Crippen LogP contribution in [0.5, 0.6) is 0 Å². The van der Waals surface area contributed by atoms with E-state index in [4.69, 9.17) is 0 Å². The third-order valence-electron chi connectivity index (χ3n) is 21.7. The molecule has 0 fully saturated rings. The summed E-state index contributed by atoms with van der Waals surface area (Å²) in [6.07, 6.45) is 0. The van der Waals surface area contributed by atoms with Gasteiger partial charge in [0.05, 0.1) is 0 Å². The van der Waals surface area contributed by atoms with Crippen molar-refractivity contribution in [2.45, 2.75) is 97.8 Å². The van der Waals surface area contributed by atoms with E-state index >= 15 is 0 Å². The highest BCUT2D eigenvalue weighted by Gasteiger charge is 2.39. The lowest BCUT2D eigenvalue weighted by molar-refractivity contribution is 0.590. The van der Waals surface area contributed by atoms with Crippen LogP contribution >= 0.6 is 0 Å². The molecule has 15 aromatic carbocycles. The fourth-order valence-electron chi connectivity index (χ4n) is 16.9. The second kappa shape index (κ2) is 20.4. The van der Waals surface area contributed by atoms with E-state index in [1.807, 2.05) is 0 Å². The highest BCUT2D eigenvalue weighted by molar-refractivity contribution is 6.30. The van der Waals surface area contributed by atoms with Crippen LogP contribution in [0, 0.1) is 6.92 Å². The minimum Gasteiger partial charge on any atom is -0.0616 e. The minimum atomic E-state index is -0.251. The summed E-state index contributed by atoms with van der Waals surface area (Å²) in [5.74, 6) is 0. The molecular weight excluding hydrogens is 1120 g/mol. The van der Waals surface area contributed by atoms with Gasteiger partial charge in [0.25, 0.3) is 0 Å². The van der Waals surface area contributed by atoms with Gasteiger partial charge in [-0.1, -0.05) is 306 Å². The van der Waals surface area contributed by atoms with Crippen LogP contribution in [0.1, 0.15) is 108 Å². The summed E-state index contributed by atoms with van der Waals surface area (Å²) < 4.78 is 0. The molecule has 0 N–H and O–H groups in total. The molecule has 448 valence electrons. The quantitative estimate of drug-likeness (QED) is 0.146. The summed E-state index contributed by atoms with van der Waals surface area (Å²) in [6.45, 7) is 25.8. The molecule has 15 aromatic rings. The van der Waals surface area contributed by atoms with Crippen molar-refractivity contribution in [3.05, 3.63) is 300 Å². The first-order chi connectivity index (χ1) is 44.8. The number of fused-ring (bicyclic) bond motifs is 12. The summed E-state index contributed by atoms with van der Waals surface area (Å²) >= 11 is 0. The van der Waals surface area contributed by atoms with Crippen molar-refractivity contribution < 1.29 is 0 Å². The highest BCUT2D eigenvalue weighted by atomic mass is 14.4. The van der Waals surface area contributed by atoms with Crippen molar-refractivity contribution in [3.8, 4) is 89.0 Å². The first-order valence-electron chi connectivity index (χ1n) is 33.5. The molecule has 17 rings (SSSR count). The van der Waals surface area contributed by atoms with Gasteiger partial charge in [-0.05, 0) is 235 Å². The van der Waals surface area contributed by atoms with Gasteiger partial charge in [0, 0.05) is 10.8 Å². The summed E-state index contributed by atoms with van der Waals surface area (Å²) in [5.41, 5.74) is 29.8. The molecule has 0 spiro atoms. The monoisotopic (exact) mass is 1190 g/mol. The van der Waals surface area contributed by atoms with Crippen molar-refractivity contribution >= 4 is 64.6 Å². The van der Waals surface area contributed by atoms with Gasteiger partial charge in [-0.2, -0.15) is 0 Å². The van der Waals surface area contributed by atoms with Crippen LogP contribution in [-0.2, 0) is 21.7 Å². The third kappa shape index (κ3) is 8.57. The number of rotatable bonds is 6. The van der Waals surface area contributed by atoms with Crippen molar-refractivity contribution in [3.63, 3.8) is 0 Å². The highest BCUT2D eigenvalue weighted by Crippen LogP contribution is 2.57. The third-order valence-corrected chi connectivity index (χ3v) is 21.7. The van der Waals surface area contributed by atoms with Crippen LogP contribution in [0.3, 0.4) is 0 Å². The Morgan fingerprint density at radius 2 is 0.473 bits per heavy atom. The number of aryl methyl sites for hydroxylation is 1.